The molecule has 2 rings (SSSR count). The molecule has 1 heterocycles. The van der Waals surface area contributed by atoms with Crippen LogP contribution in [0.4, 0.5) is 0 Å². The maximum atomic E-state index is 12.0. The van der Waals surface area contributed by atoms with Gasteiger partial charge < -0.3 is 0 Å². The molecule has 0 saturated carbocycles. The Labute approximate surface area is 110 Å². The van der Waals surface area contributed by atoms with E-state index in [4.69, 9.17) is 12.2 Å². The Bertz CT molecular complexity index is 471. The van der Waals surface area contributed by atoms with E-state index < -0.39 is 0 Å². The van der Waals surface area contributed by atoms with Gasteiger partial charge in [0.15, 0.2) is 4.32 Å². The van der Waals surface area contributed by atoms with Crippen LogP contribution >= 0.6 is 24.0 Å². The van der Waals surface area contributed by atoms with Crippen molar-refractivity contribution in [2.75, 3.05) is 6.54 Å². The normalized spacial score (nSPS) is 18.2. The standard InChI is InChI=1S/C12H12N2OS2/c1-2-13-14-11(15)10(17-12(14)16)8-9-6-4-3-5-7-9/h3-8,13H,2H2,1H3/b10-8+. The zero-order valence-corrected chi connectivity index (χ0v) is 11.0. The van der Waals surface area contributed by atoms with E-state index in [9.17, 15) is 4.79 Å². The van der Waals surface area contributed by atoms with E-state index in [0.717, 1.165) is 5.56 Å². The lowest BCUT2D eigenvalue weighted by atomic mass is 10.2. The zero-order valence-electron chi connectivity index (χ0n) is 9.34. The van der Waals surface area contributed by atoms with E-state index in [0.29, 0.717) is 15.8 Å². The minimum Gasteiger partial charge on any atom is -0.267 e. The molecule has 0 bridgehead atoms. The van der Waals surface area contributed by atoms with Crippen LogP contribution in [0.5, 0.6) is 0 Å². The summed E-state index contributed by atoms with van der Waals surface area (Å²) in [6.45, 7) is 2.60. The number of amides is 1. The van der Waals surface area contributed by atoms with Gasteiger partial charge in [-0.3, -0.25) is 4.79 Å². The van der Waals surface area contributed by atoms with Gasteiger partial charge in [0, 0.05) is 6.54 Å². The van der Waals surface area contributed by atoms with Crippen LogP contribution in [-0.4, -0.2) is 21.8 Å². The smallest absolute Gasteiger partial charge is 0.267 e. The number of thiocarbonyl (C=S) groups is 1. The summed E-state index contributed by atoms with van der Waals surface area (Å²) in [5.74, 6) is -0.0781. The number of thioether (sulfide) groups is 1. The van der Waals surface area contributed by atoms with Gasteiger partial charge in [-0.15, -0.1) is 0 Å². The highest BCUT2D eigenvalue weighted by molar-refractivity contribution is 8.26. The summed E-state index contributed by atoms with van der Waals surface area (Å²) in [6.07, 6.45) is 1.86. The summed E-state index contributed by atoms with van der Waals surface area (Å²) >= 11 is 6.46. The molecule has 88 valence electrons. The third-order valence-electron chi connectivity index (χ3n) is 2.21. The monoisotopic (exact) mass is 264 g/mol. The first kappa shape index (κ1) is 12.3. The number of benzene rings is 1. The Morgan fingerprint density at radius 2 is 2.12 bits per heavy atom. The summed E-state index contributed by atoms with van der Waals surface area (Å²) in [7, 11) is 0. The second-order valence-corrected chi connectivity index (χ2v) is 5.12. The lowest BCUT2D eigenvalue weighted by molar-refractivity contribution is -0.124. The molecule has 0 spiro atoms. The predicted octanol–water partition coefficient (Wildman–Crippen LogP) is 2.41. The molecule has 1 saturated heterocycles. The number of carbonyl (C=O) groups excluding carboxylic acids is 1. The van der Waals surface area contributed by atoms with Crippen molar-refractivity contribution in [3.05, 3.63) is 40.8 Å². The van der Waals surface area contributed by atoms with Gasteiger partial charge in [0.2, 0.25) is 0 Å². The summed E-state index contributed by atoms with van der Waals surface area (Å²) in [5, 5.41) is 1.43. The van der Waals surface area contributed by atoms with Gasteiger partial charge in [-0.2, -0.15) is 0 Å². The molecule has 3 nitrogen and oxygen atoms in total. The van der Waals surface area contributed by atoms with E-state index in [1.807, 2.05) is 43.3 Å². The van der Waals surface area contributed by atoms with Crippen LogP contribution in [0, 0.1) is 0 Å². The van der Waals surface area contributed by atoms with Crippen LogP contribution in [0.15, 0.2) is 35.2 Å². The van der Waals surface area contributed by atoms with Gasteiger partial charge in [-0.25, -0.2) is 10.4 Å². The quantitative estimate of drug-likeness (QED) is 0.671. The average Bonchev–Trinajstić information content (AvgIpc) is 2.59. The molecule has 1 aliphatic heterocycles. The third-order valence-corrected chi connectivity index (χ3v) is 3.51. The third kappa shape index (κ3) is 2.74. The molecule has 1 N–H and O–H groups in total. The summed E-state index contributed by atoms with van der Waals surface area (Å²) in [6, 6.07) is 9.74. The van der Waals surface area contributed by atoms with Gasteiger partial charge in [0.05, 0.1) is 4.91 Å². The molecule has 1 aromatic rings. The number of nitrogens with one attached hydrogen (secondary N) is 1. The fourth-order valence-corrected chi connectivity index (χ4v) is 2.68. The summed E-state index contributed by atoms with van der Waals surface area (Å²) < 4.78 is 0.555. The molecule has 0 atom stereocenters. The lowest BCUT2D eigenvalue weighted by Crippen LogP contribution is -2.40. The molecule has 1 amide bonds. The molecular weight excluding hydrogens is 252 g/mol. The molecule has 5 heteroatoms. The maximum Gasteiger partial charge on any atom is 0.280 e. The largest absolute Gasteiger partial charge is 0.280 e. The van der Waals surface area contributed by atoms with Crippen molar-refractivity contribution >= 4 is 40.3 Å². The van der Waals surface area contributed by atoms with E-state index in [1.165, 1.54) is 16.8 Å². The number of nitrogens with zero attached hydrogens (tertiary/aromatic N) is 1. The van der Waals surface area contributed by atoms with E-state index >= 15 is 0 Å². The van der Waals surface area contributed by atoms with Crippen LogP contribution < -0.4 is 5.43 Å². The highest BCUT2D eigenvalue weighted by Crippen LogP contribution is 2.31. The van der Waals surface area contributed by atoms with E-state index in [-0.39, 0.29) is 5.91 Å². The minimum atomic E-state index is -0.0781. The van der Waals surface area contributed by atoms with Crippen molar-refractivity contribution in [1.82, 2.24) is 10.4 Å². The molecule has 17 heavy (non-hydrogen) atoms. The average molecular weight is 264 g/mol. The Hall–Kier alpha value is -1.17. The van der Waals surface area contributed by atoms with Crippen LogP contribution in [0.3, 0.4) is 0 Å². The van der Waals surface area contributed by atoms with Crippen LogP contribution in [0.1, 0.15) is 12.5 Å². The number of hydrogen-bond donors (Lipinski definition) is 1. The first-order valence-corrected chi connectivity index (χ1v) is 6.51. The fourth-order valence-electron chi connectivity index (χ4n) is 1.46. The molecule has 1 fully saturated rings. The number of hydrazine groups is 1. The second kappa shape index (κ2) is 5.44. The van der Waals surface area contributed by atoms with Crippen molar-refractivity contribution in [2.45, 2.75) is 6.92 Å². The van der Waals surface area contributed by atoms with Crippen LogP contribution in [0.25, 0.3) is 6.08 Å². The van der Waals surface area contributed by atoms with Gasteiger partial charge in [0.1, 0.15) is 0 Å². The number of carbonyl (C=O) groups is 1. The Morgan fingerprint density at radius 3 is 2.76 bits per heavy atom. The van der Waals surface area contributed by atoms with Crippen molar-refractivity contribution in [1.29, 1.82) is 0 Å². The van der Waals surface area contributed by atoms with E-state index in [1.54, 1.807) is 0 Å². The van der Waals surface area contributed by atoms with Gasteiger partial charge in [0.25, 0.3) is 5.91 Å². The number of hydrogen-bond acceptors (Lipinski definition) is 4. The minimum absolute atomic E-state index is 0.0781. The Balaban J connectivity index is 2.22. The topological polar surface area (TPSA) is 32.3 Å². The lowest BCUT2D eigenvalue weighted by Gasteiger charge is -2.13. The van der Waals surface area contributed by atoms with Gasteiger partial charge >= 0.3 is 0 Å². The Morgan fingerprint density at radius 1 is 1.41 bits per heavy atom. The maximum absolute atomic E-state index is 12.0. The predicted molar refractivity (Wildman–Crippen MR) is 75.1 cm³/mol. The number of rotatable bonds is 3. The fraction of sp³-hybridized carbons (Fsp3) is 0.167. The van der Waals surface area contributed by atoms with Crippen molar-refractivity contribution < 1.29 is 4.79 Å². The van der Waals surface area contributed by atoms with Gasteiger partial charge in [-0.05, 0) is 11.6 Å². The second-order valence-electron chi connectivity index (χ2n) is 3.44. The molecule has 1 aromatic carbocycles. The summed E-state index contributed by atoms with van der Waals surface area (Å²) in [4.78, 5) is 12.7. The molecule has 1 aliphatic rings. The van der Waals surface area contributed by atoms with Gasteiger partial charge in [-0.1, -0.05) is 61.2 Å². The molecular formula is C12H12N2OS2. The molecule has 0 unspecified atom stereocenters. The first-order chi connectivity index (χ1) is 8.22. The molecule has 0 radical (unpaired) electrons. The Kier molecular flexibility index (Phi) is 3.93. The molecule has 0 aliphatic carbocycles. The van der Waals surface area contributed by atoms with E-state index in [2.05, 4.69) is 5.43 Å². The SMILES string of the molecule is CCNN1C(=O)/C(=C\c2ccccc2)SC1=S. The van der Waals surface area contributed by atoms with Crippen molar-refractivity contribution in [2.24, 2.45) is 0 Å². The van der Waals surface area contributed by atoms with Crippen LogP contribution in [0.2, 0.25) is 0 Å². The van der Waals surface area contributed by atoms with Crippen LogP contribution in [-0.2, 0) is 4.79 Å². The zero-order chi connectivity index (χ0) is 12.3. The summed E-state index contributed by atoms with van der Waals surface area (Å²) in [5.41, 5.74) is 3.94. The van der Waals surface area contributed by atoms with Crippen molar-refractivity contribution in [3.63, 3.8) is 0 Å². The molecule has 0 aromatic heterocycles. The highest BCUT2D eigenvalue weighted by Gasteiger charge is 2.31. The first-order valence-electron chi connectivity index (χ1n) is 5.29. The highest BCUT2D eigenvalue weighted by atomic mass is 32.2. The van der Waals surface area contributed by atoms with Crippen molar-refractivity contribution in [3.8, 4) is 0 Å².